The van der Waals surface area contributed by atoms with Gasteiger partial charge in [-0.2, -0.15) is 13.2 Å². The van der Waals surface area contributed by atoms with Crippen LogP contribution in [-0.2, 0) is 4.79 Å². The van der Waals surface area contributed by atoms with Crippen molar-refractivity contribution in [3.63, 3.8) is 0 Å². The smallest absolute Gasteiger partial charge is 0.373 e. The van der Waals surface area contributed by atoms with Gasteiger partial charge in [-0.15, -0.1) is 0 Å². The molecule has 5 nitrogen and oxygen atoms in total. The molecule has 1 atom stereocenters. The number of hydrogen-bond acceptors (Lipinski definition) is 4. The van der Waals surface area contributed by atoms with Crippen molar-refractivity contribution in [2.45, 2.75) is 25.1 Å². The molecule has 0 spiro atoms. The zero-order chi connectivity index (χ0) is 17.3. The maximum atomic E-state index is 12.8. The van der Waals surface area contributed by atoms with Crippen molar-refractivity contribution in [3.05, 3.63) is 23.4 Å². The fourth-order valence-corrected chi connectivity index (χ4v) is 2.50. The van der Waals surface area contributed by atoms with Crippen molar-refractivity contribution in [1.29, 1.82) is 0 Å². The van der Waals surface area contributed by atoms with Crippen LogP contribution in [0.1, 0.15) is 13.3 Å². The summed E-state index contributed by atoms with van der Waals surface area (Å²) in [4.78, 5) is 19.1. The Hall–Kier alpha value is -1.54. The summed E-state index contributed by atoms with van der Waals surface area (Å²) in [5.74, 6) is -0.722. The minimum absolute atomic E-state index is 0.0687. The minimum atomic E-state index is -5.01. The van der Waals surface area contributed by atoms with E-state index in [0.29, 0.717) is 37.3 Å². The molecule has 1 aromatic heterocycles. The van der Waals surface area contributed by atoms with Gasteiger partial charge >= 0.3 is 6.18 Å². The summed E-state index contributed by atoms with van der Waals surface area (Å²) in [7, 11) is 0. The number of hydrogen-bond donors (Lipinski definition) is 1. The monoisotopic (exact) mass is 351 g/mol. The van der Waals surface area contributed by atoms with Crippen LogP contribution in [0.15, 0.2) is 18.3 Å². The molecule has 1 aliphatic rings. The number of halogens is 4. The predicted octanol–water partition coefficient (Wildman–Crippen LogP) is 2.09. The lowest BCUT2D eigenvalue weighted by Gasteiger charge is -2.31. The molecule has 1 aromatic rings. The number of anilines is 1. The number of rotatable bonds is 2. The van der Waals surface area contributed by atoms with Crippen LogP contribution in [0.2, 0.25) is 5.02 Å². The van der Waals surface area contributed by atoms with Crippen molar-refractivity contribution in [2.24, 2.45) is 0 Å². The Bertz CT molecular complexity index is 581. The normalized spacial score (nSPS) is 19.2. The van der Waals surface area contributed by atoms with E-state index in [4.69, 9.17) is 11.6 Å². The zero-order valence-electron chi connectivity index (χ0n) is 12.5. The van der Waals surface area contributed by atoms with E-state index in [-0.39, 0.29) is 13.1 Å². The van der Waals surface area contributed by atoms with E-state index in [9.17, 15) is 23.1 Å². The lowest BCUT2D eigenvalue weighted by atomic mass is 10.0. The van der Waals surface area contributed by atoms with Gasteiger partial charge in [0.05, 0.1) is 0 Å². The highest BCUT2D eigenvalue weighted by Crippen LogP contribution is 2.32. The van der Waals surface area contributed by atoms with Gasteiger partial charge in [-0.05, 0) is 25.5 Å². The van der Waals surface area contributed by atoms with E-state index in [1.165, 1.54) is 0 Å². The molecule has 0 radical (unpaired) electrons. The molecule has 1 saturated heterocycles. The zero-order valence-corrected chi connectivity index (χ0v) is 13.2. The Morgan fingerprint density at radius 3 is 2.61 bits per heavy atom. The van der Waals surface area contributed by atoms with Crippen molar-refractivity contribution >= 4 is 23.3 Å². The Morgan fingerprint density at radius 1 is 1.30 bits per heavy atom. The third kappa shape index (κ3) is 3.87. The lowest BCUT2D eigenvalue weighted by molar-refractivity contribution is -0.250. The van der Waals surface area contributed by atoms with Gasteiger partial charge in [-0.25, -0.2) is 4.98 Å². The lowest BCUT2D eigenvalue weighted by Crippen LogP contribution is -2.56. The molecule has 0 bridgehead atoms. The van der Waals surface area contributed by atoms with E-state index in [1.54, 1.807) is 18.3 Å². The van der Waals surface area contributed by atoms with E-state index in [1.807, 2.05) is 4.90 Å². The highest BCUT2D eigenvalue weighted by atomic mass is 35.5. The van der Waals surface area contributed by atoms with Gasteiger partial charge in [0.1, 0.15) is 5.82 Å². The van der Waals surface area contributed by atoms with Crippen LogP contribution in [0.4, 0.5) is 19.0 Å². The maximum absolute atomic E-state index is 12.8. The maximum Gasteiger partial charge on any atom is 0.426 e. The molecule has 2 rings (SSSR count). The highest BCUT2D eigenvalue weighted by molar-refractivity contribution is 6.30. The van der Waals surface area contributed by atoms with Crippen molar-refractivity contribution < 1.29 is 23.1 Å². The number of nitrogens with zero attached hydrogens (tertiary/aromatic N) is 3. The van der Waals surface area contributed by atoms with E-state index in [2.05, 4.69) is 4.98 Å². The first-order chi connectivity index (χ1) is 10.6. The highest BCUT2D eigenvalue weighted by Gasteiger charge is 2.57. The number of aromatic nitrogens is 1. The molecule has 0 aliphatic carbocycles. The molecule has 0 aromatic carbocycles. The van der Waals surface area contributed by atoms with Crippen LogP contribution in [0.3, 0.4) is 0 Å². The average Bonchev–Trinajstić information content (AvgIpc) is 2.71. The van der Waals surface area contributed by atoms with Crippen molar-refractivity contribution in [1.82, 2.24) is 9.88 Å². The Balaban J connectivity index is 2.08. The first-order valence-corrected chi connectivity index (χ1v) is 7.45. The molecular formula is C14H17ClF3N3O2. The number of alkyl halides is 3. The van der Waals surface area contributed by atoms with Gasteiger partial charge in [0.15, 0.2) is 0 Å². The first-order valence-electron chi connectivity index (χ1n) is 7.08. The standard InChI is InChI=1S/C14H17ClF3N3O2/c1-13(23,14(16,17)18)12(22)21-6-2-5-20(7-8-21)11-9-10(15)3-4-19-11/h3-4,9,23H,2,5-8H2,1H3/t13-/m1/s1. The van der Waals surface area contributed by atoms with Gasteiger partial charge < -0.3 is 14.9 Å². The van der Waals surface area contributed by atoms with Crippen LogP contribution < -0.4 is 4.90 Å². The van der Waals surface area contributed by atoms with Gasteiger partial charge in [-0.3, -0.25) is 4.79 Å². The van der Waals surface area contributed by atoms with Gasteiger partial charge in [0.25, 0.3) is 5.91 Å². The van der Waals surface area contributed by atoms with Crippen LogP contribution in [-0.4, -0.2) is 58.9 Å². The largest absolute Gasteiger partial charge is 0.426 e. The molecule has 9 heteroatoms. The van der Waals surface area contributed by atoms with Crippen LogP contribution in [0.25, 0.3) is 0 Å². The molecule has 128 valence electrons. The molecule has 0 unspecified atom stereocenters. The summed E-state index contributed by atoms with van der Waals surface area (Å²) in [5, 5.41) is 10.0. The van der Waals surface area contributed by atoms with Gasteiger partial charge in [0.2, 0.25) is 5.60 Å². The average molecular weight is 352 g/mol. The molecule has 0 saturated carbocycles. The van der Waals surface area contributed by atoms with Gasteiger partial charge in [0, 0.05) is 37.4 Å². The topological polar surface area (TPSA) is 56.7 Å². The summed E-state index contributed by atoms with van der Waals surface area (Å²) in [6.45, 7) is 1.54. The van der Waals surface area contributed by atoms with Crippen molar-refractivity contribution in [2.75, 3.05) is 31.1 Å². The Kier molecular flexibility index (Phi) is 5.05. The second-order valence-corrected chi connectivity index (χ2v) is 5.97. The second-order valence-electron chi connectivity index (χ2n) is 5.54. The fraction of sp³-hybridized carbons (Fsp3) is 0.571. The third-order valence-electron chi connectivity index (χ3n) is 3.78. The summed E-state index contributed by atoms with van der Waals surface area (Å²) in [6, 6.07) is 3.28. The molecule has 1 fully saturated rings. The van der Waals surface area contributed by atoms with E-state index in [0.717, 1.165) is 4.90 Å². The number of aliphatic hydroxyl groups is 1. The number of amides is 1. The molecule has 1 amide bonds. The summed E-state index contributed by atoms with van der Waals surface area (Å²) in [6.07, 6.45) is -3.00. The first kappa shape index (κ1) is 17.8. The summed E-state index contributed by atoms with van der Waals surface area (Å²) < 4.78 is 38.4. The predicted molar refractivity (Wildman–Crippen MR) is 79.3 cm³/mol. The molecule has 2 heterocycles. The minimum Gasteiger partial charge on any atom is -0.373 e. The molecular weight excluding hydrogens is 335 g/mol. The SMILES string of the molecule is C[C@@](O)(C(=O)N1CCCN(c2cc(Cl)ccn2)CC1)C(F)(F)F. The van der Waals surface area contributed by atoms with Crippen LogP contribution in [0, 0.1) is 0 Å². The number of carbonyl (C=O) groups is 1. The number of pyridine rings is 1. The quantitative estimate of drug-likeness (QED) is 0.886. The van der Waals surface area contributed by atoms with Gasteiger partial charge in [-0.1, -0.05) is 11.6 Å². The van der Waals surface area contributed by atoms with Crippen LogP contribution >= 0.6 is 11.6 Å². The molecule has 23 heavy (non-hydrogen) atoms. The van der Waals surface area contributed by atoms with E-state index < -0.39 is 17.7 Å². The number of carbonyl (C=O) groups excluding carboxylic acids is 1. The fourth-order valence-electron chi connectivity index (χ4n) is 2.35. The molecule has 1 aliphatic heterocycles. The van der Waals surface area contributed by atoms with Crippen molar-refractivity contribution in [3.8, 4) is 0 Å². The molecule has 1 N–H and O–H groups in total. The third-order valence-corrected chi connectivity index (χ3v) is 4.02. The Labute approximate surface area is 136 Å². The Morgan fingerprint density at radius 2 is 2.00 bits per heavy atom. The van der Waals surface area contributed by atoms with E-state index >= 15 is 0 Å². The summed E-state index contributed by atoms with van der Waals surface area (Å²) in [5.41, 5.74) is -3.38. The van der Waals surface area contributed by atoms with Crippen LogP contribution in [0.5, 0.6) is 0 Å². The second kappa shape index (κ2) is 6.52. The summed E-state index contributed by atoms with van der Waals surface area (Å²) >= 11 is 5.90.